The maximum absolute atomic E-state index is 12.5. The Hall–Kier alpha value is -3.84. The maximum Gasteiger partial charge on any atom is 0.233 e. The minimum Gasteiger partial charge on any atom is -0.480 e. The fourth-order valence-electron chi connectivity index (χ4n) is 4.04. The second-order valence-corrected chi connectivity index (χ2v) is 10.8. The molecule has 0 saturated carbocycles. The monoisotopic (exact) mass is 527 g/mol. The summed E-state index contributed by atoms with van der Waals surface area (Å²) in [7, 11) is -2.12. The van der Waals surface area contributed by atoms with Crippen LogP contribution in [0.1, 0.15) is 20.8 Å². The van der Waals surface area contributed by atoms with Gasteiger partial charge in [-0.25, -0.2) is 18.4 Å². The van der Waals surface area contributed by atoms with E-state index in [0.29, 0.717) is 53.2 Å². The summed E-state index contributed by atoms with van der Waals surface area (Å²) < 4.78 is 35.9. The molecule has 0 unspecified atom stereocenters. The Bertz CT molecular complexity index is 1390. The van der Waals surface area contributed by atoms with Gasteiger partial charge >= 0.3 is 0 Å². The first-order valence-corrected chi connectivity index (χ1v) is 13.5. The van der Waals surface area contributed by atoms with Crippen LogP contribution in [0.2, 0.25) is 0 Å². The van der Waals surface area contributed by atoms with Crippen molar-refractivity contribution < 1.29 is 22.7 Å². The van der Waals surface area contributed by atoms with Gasteiger partial charge in [0.1, 0.15) is 11.6 Å². The van der Waals surface area contributed by atoms with Crippen LogP contribution < -0.4 is 20.3 Å². The van der Waals surface area contributed by atoms with Crippen molar-refractivity contribution in [2.75, 3.05) is 42.0 Å². The number of morpholine rings is 1. The number of nitrogens with one attached hydrogen (secondary N) is 2. The average molecular weight is 528 g/mol. The molecule has 0 spiro atoms. The first-order chi connectivity index (χ1) is 17.5. The third-order valence-corrected chi connectivity index (χ3v) is 6.52. The highest BCUT2D eigenvalue weighted by atomic mass is 32.2. The molecule has 4 rings (SSSR count). The molecular weight excluding hydrogens is 498 g/mol. The lowest BCUT2D eigenvalue weighted by Crippen LogP contribution is -2.45. The van der Waals surface area contributed by atoms with Crippen molar-refractivity contribution in [3.8, 4) is 17.1 Å². The van der Waals surface area contributed by atoms with Crippen LogP contribution in [0.5, 0.6) is 5.88 Å². The Kier molecular flexibility index (Phi) is 7.55. The number of carbonyl (C=O) groups is 1. The molecule has 2 N–H and O–H groups in total. The smallest absolute Gasteiger partial charge is 0.233 e. The van der Waals surface area contributed by atoms with Crippen molar-refractivity contribution in [3.05, 3.63) is 36.5 Å². The number of sulfone groups is 1. The molecule has 1 aliphatic rings. The van der Waals surface area contributed by atoms with Crippen LogP contribution in [0.15, 0.2) is 41.6 Å². The molecule has 0 radical (unpaired) electrons. The van der Waals surface area contributed by atoms with E-state index in [4.69, 9.17) is 9.47 Å². The Morgan fingerprint density at radius 1 is 1.11 bits per heavy atom. The Labute approximate surface area is 215 Å². The average Bonchev–Trinajstić information content (AvgIpc) is 2.83. The summed E-state index contributed by atoms with van der Waals surface area (Å²) in [6, 6.07) is 8.34. The molecule has 1 fully saturated rings. The highest BCUT2D eigenvalue weighted by Crippen LogP contribution is 2.32. The molecule has 0 bridgehead atoms. The summed E-state index contributed by atoms with van der Waals surface area (Å²) in [5.41, 5.74) is 2.24. The number of hydrogen-bond acceptors (Lipinski definition) is 11. The van der Waals surface area contributed by atoms with E-state index in [9.17, 15) is 13.2 Å². The van der Waals surface area contributed by atoms with Crippen LogP contribution in [0.25, 0.3) is 11.3 Å². The zero-order chi connectivity index (χ0) is 26.7. The van der Waals surface area contributed by atoms with E-state index in [1.807, 2.05) is 13.8 Å². The molecule has 3 aromatic rings. The summed E-state index contributed by atoms with van der Waals surface area (Å²) >= 11 is 0. The van der Waals surface area contributed by atoms with E-state index >= 15 is 0 Å². The summed E-state index contributed by atoms with van der Waals surface area (Å²) in [4.78, 5) is 22.4. The molecule has 3 aromatic heterocycles. The molecule has 13 heteroatoms. The Balaban J connectivity index is 1.79. The number of rotatable bonds is 7. The van der Waals surface area contributed by atoms with Gasteiger partial charge in [-0.1, -0.05) is 0 Å². The topological polar surface area (TPSA) is 149 Å². The van der Waals surface area contributed by atoms with Gasteiger partial charge in [0.25, 0.3) is 0 Å². The third-order valence-electron chi connectivity index (χ3n) is 5.55. The molecule has 12 nitrogen and oxygen atoms in total. The standard InChI is InChI=1S/C24H29N7O5S/c1-14-12-31(13-15(2)36-14)17-8-22(28-24(9-17)37(5,33)34)27-20-10-21(26-16(3)32)25-11-18(20)19-6-7-23(35-4)30-29-19/h6-11,14-15H,12-13H2,1-5H3,(H2,25,26,27,28,32)/t14-,15+. The van der Waals surface area contributed by atoms with Crippen molar-refractivity contribution in [1.82, 2.24) is 20.2 Å². The maximum atomic E-state index is 12.5. The molecule has 1 amide bonds. The largest absolute Gasteiger partial charge is 0.480 e. The van der Waals surface area contributed by atoms with Crippen LogP contribution >= 0.6 is 0 Å². The summed E-state index contributed by atoms with van der Waals surface area (Å²) in [6.45, 7) is 6.54. The molecular formula is C24H29N7O5S. The number of amides is 1. The zero-order valence-corrected chi connectivity index (χ0v) is 22.0. The lowest BCUT2D eigenvalue weighted by molar-refractivity contribution is -0.114. The van der Waals surface area contributed by atoms with Gasteiger partial charge in [0.15, 0.2) is 14.9 Å². The van der Waals surface area contributed by atoms with Gasteiger partial charge in [0.05, 0.1) is 30.7 Å². The number of methoxy groups -OCH3 is 1. The van der Waals surface area contributed by atoms with Crippen molar-refractivity contribution in [2.24, 2.45) is 0 Å². The fourth-order valence-corrected chi connectivity index (χ4v) is 4.64. The van der Waals surface area contributed by atoms with Crippen LogP contribution in [-0.2, 0) is 19.4 Å². The number of pyridine rings is 2. The van der Waals surface area contributed by atoms with Gasteiger partial charge in [-0.15, -0.1) is 10.2 Å². The lowest BCUT2D eigenvalue weighted by atomic mass is 10.1. The number of hydrogen-bond donors (Lipinski definition) is 2. The van der Waals surface area contributed by atoms with Gasteiger partial charge in [-0.2, -0.15) is 0 Å². The highest BCUT2D eigenvalue weighted by molar-refractivity contribution is 7.90. The third kappa shape index (κ3) is 6.49. The SMILES string of the molecule is COc1ccc(-c2cnc(NC(C)=O)cc2Nc2cc(N3C[C@@H](C)O[C@@H](C)C3)cc(S(C)(=O)=O)n2)nn1. The van der Waals surface area contributed by atoms with Gasteiger partial charge in [0, 0.05) is 61.9 Å². The van der Waals surface area contributed by atoms with Gasteiger partial charge in [-0.05, 0) is 26.0 Å². The van der Waals surface area contributed by atoms with E-state index in [-0.39, 0.29) is 23.1 Å². The molecule has 196 valence electrons. The van der Waals surface area contributed by atoms with Crippen molar-refractivity contribution in [3.63, 3.8) is 0 Å². The Morgan fingerprint density at radius 3 is 2.43 bits per heavy atom. The van der Waals surface area contributed by atoms with Crippen molar-refractivity contribution in [1.29, 1.82) is 0 Å². The molecule has 0 aliphatic carbocycles. The van der Waals surface area contributed by atoms with E-state index < -0.39 is 9.84 Å². The van der Waals surface area contributed by atoms with Crippen LogP contribution in [0.3, 0.4) is 0 Å². The molecule has 1 saturated heterocycles. The van der Waals surface area contributed by atoms with Crippen LogP contribution in [0.4, 0.5) is 23.0 Å². The van der Waals surface area contributed by atoms with Gasteiger partial charge in [-0.3, -0.25) is 4.79 Å². The van der Waals surface area contributed by atoms with Crippen molar-refractivity contribution >= 4 is 38.8 Å². The zero-order valence-electron chi connectivity index (χ0n) is 21.2. The van der Waals surface area contributed by atoms with E-state index in [2.05, 4.69) is 35.7 Å². The first-order valence-electron chi connectivity index (χ1n) is 11.6. The first kappa shape index (κ1) is 26.2. The van der Waals surface area contributed by atoms with E-state index in [1.54, 1.807) is 30.3 Å². The van der Waals surface area contributed by atoms with Gasteiger partial charge in [0.2, 0.25) is 11.8 Å². The summed E-state index contributed by atoms with van der Waals surface area (Å²) in [5, 5.41) is 14.0. The number of nitrogens with zero attached hydrogens (tertiary/aromatic N) is 5. The lowest BCUT2D eigenvalue weighted by Gasteiger charge is -2.37. The fraction of sp³-hybridized carbons (Fsp3) is 0.375. The number of anilines is 4. The number of carbonyl (C=O) groups excluding carboxylic acids is 1. The predicted molar refractivity (Wildman–Crippen MR) is 139 cm³/mol. The second kappa shape index (κ2) is 10.6. The molecule has 2 atom stereocenters. The van der Waals surface area contributed by atoms with E-state index in [0.717, 1.165) is 6.26 Å². The summed E-state index contributed by atoms with van der Waals surface area (Å²) in [5.74, 6) is 0.663. The minimum absolute atomic E-state index is 0.0179. The van der Waals surface area contributed by atoms with Crippen LogP contribution in [-0.4, -0.2) is 73.2 Å². The van der Waals surface area contributed by atoms with Crippen LogP contribution in [0, 0.1) is 0 Å². The highest BCUT2D eigenvalue weighted by Gasteiger charge is 2.25. The van der Waals surface area contributed by atoms with Crippen molar-refractivity contribution in [2.45, 2.75) is 38.0 Å². The minimum atomic E-state index is -3.61. The predicted octanol–water partition coefficient (Wildman–Crippen LogP) is 2.66. The summed E-state index contributed by atoms with van der Waals surface area (Å²) in [6.07, 6.45) is 2.62. The molecule has 37 heavy (non-hydrogen) atoms. The molecule has 1 aliphatic heterocycles. The van der Waals surface area contributed by atoms with E-state index in [1.165, 1.54) is 20.2 Å². The quantitative estimate of drug-likeness (QED) is 0.467. The molecule has 0 aromatic carbocycles. The Morgan fingerprint density at radius 2 is 1.84 bits per heavy atom. The number of ether oxygens (including phenoxy) is 2. The van der Waals surface area contributed by atoms with Gasteiger partial charge < -0.3 is 25.0 Å². The second-order valence-electron chi connectivity index (χ2n) is 8.87. The normalized spacial score (nSPS) is 17.8. The number of aromatic nitrogens is 4. The molecule has 4 heterocycles.